The molecular formula is C11H20N2O. The minimum atomic E-state index is 0.627. The van der Waals surface area contributed by atoms with E-state index >= 15 is 0 Å². The van der Waals surface area contributed by atoms with Crippen molar-refractivity contribution in [3.8, 4) is 0 Å². The van der Waals surface area contributed by atoms with Crippen molar-refractivity contribution in [1.82, 2.24) is 9.55 Å². The highest BCUT2D eigenvalue weighted by atomic mass is 16.5. The van der Waals surface area contributed by atoms with Crippen LogP contribution in [0.2, 0.25) is 0 Å². The maximum absolute atomic E-state index is 5.34. The molecule has 0 fully saturated rings. The first kappa shape index (κ1) is 11.2. The van der Waals surface area contributed by atoms with E-state index in [0.29, 0.717) is 6.61 Å². The molecule has 0 saturated heterocycles. The van der Waals surface area contributed by atoms with E-state index in [0.717, 1.165) is 24.9 Å². The summed E-state index contributed by atoms with van der Waals surface area (Å²) in [5, 5.41) is 0. The number of hydrogen-bond donors (Lipinski definition) is 0. The Morgan fingerprint density at radius 3 is 2.93 bits per heavy atom. The molecule has 3 nitrogen and oxygen atoms in total. The van der Waals surface area contributed by atoms with Gasteiger partial charge in [-0.25, -0.2) is 4.98 Å². The van der Waals surface area contributed by atoms with Gasteiger partial charge < -0.3 is 9.30 Å². The van der Waals surface area contributed by atoms with Crippen LogP contribution in [0.5, 0.6) is 0 Å². The minimum absolute atomic E-state index is 0.627. The van der Waals surface area contributed by atoms with Crippen LogP contribution in [-0.2, 0) is 17.9 Å². The maximum atomic E-state index is 5.34. The molecule has 0 saturated carbocycles. The first-order chi connectivity index (χ1) is 6.74. The van der Waals surface area contributed by atoms with E-state index in [2.05, 4.69) is 23.4 Å². The molecule has 0 radical (unpaired) electrons. The molecule has 1 aromatic heterocycles. The van der Waals surface area contributed by atoms with Crippen LogP contribution in [0.4, 0.5) is 0 Å². The van der Waals surface area contributed by atoms with Gasteiger partial charge in [-0.05, 0) is 19.3 Å². The molecule has 1 aromatic rings. The number of hydrogen-bond acceptors (Lipinski definition) is 2. The van der Waals surface area contributed by atoms with Crippen LogP contribution in [0.1, 0.15) is 33.0 Å². The van der Waals surface area contributed by atoms with Gasteiger partial charge in [-0.2, -0.15) is 0 Å². The Morgan fingerprint density at radius 1 is 1.50 bits per heavy atom. The fourth-order valence-electron chi connectivity index (χ4n) is 1.27. The lowest BCUT2D eigenvalue weighted by Gasteiger charge is -2.09. The van der Waals surface area contributed by atoms with Crippen molar-refractivity contribution in [1.29, 1.82) is 0 Å². The van der Waals surface area contributed by atoms with Crippen molar-refractivity contribution in [3.63, 3.8) is 0 Å². The predicted octanol–water partition coefficient (Wildman–Crippen LogP) is 2.47. The molecule has 0 bridgehead atoms. The summed E-state index contributed by atoms with van der Waals surface area (Å²) in [6.45, 7) is 8.89. The third-order valence-electron chi connectivity index (χ3n) is 2.18. The highest BCUT2D eigenvalue weighted by molar-refractivity contribution is 4.90. The van der Waals surface area contributed by atoms with Gasteiger partial charge in [0, 0.05) is 25.5 Å². The van der Waals surface area contributed by atoms with Gasteiger partial charge in [0.15, 0.2) is 0 Å². The topological polar surface area (TPSA) is 27.1 Å². The van der Waals surface area contributed by atoms with Gasteiger partial charge in [-0.3, -0.25) is 0 Å². The second-order valence-corrected chi connectivity index (χ2v) is 3.86. The van der Waals surface area contributed by atoms with E-state index in [1.54, 1.807) is 0 Å². The lowest BCUT2D eigenvalue weighted by atomic mass is 10.1. The van der Waals surface area contributed by atoms with Gasteiger partial charge in [0.05, 0.1) is 0 Å². The van der Waals surface area contributed by atoms with Crippen LogP contribution in [0.3, 0.4) is 0 Å². The molecular weight excluding hydrogens is 176 g/mol. The third kappa shape index (κ3) is 3.50. The van der Waals surface area contributed by atoms with E-state index < -0.39 is 0 Å². The predicted molar refractivity (Wildman–Crippen MR) is 57.0 cm³/mol. The fraction of sp³-hybridized carbons (Fsp3) is 0.727. The molecule has 0 N–H and O–H groups in total. The molecule has 0 aliphatic heterocycles. The Hall–Kier alpha value is -0.830. The van der Waals surface area contributed by atoms with Gasteiger partial charge in [0.1, 0.15) is 12.4 Å². The van der Waals surface area contributed by atoms with Crippen LogP contribution in [-0.4, -0.2) is 16.2 Å². The molecule has 1 heterocycles. The fourth-order valence-corrected chi connectivity index (χ4v) is 1.27. The molecule has 0 aliphatic rings. The number of ether oxygens (including phenoxy) is 1. The Kier molecular flexibility index (Phi) is 4.66. The van der Waals surface area contributed by atoms with Crippen molar-refractivity contribution in [2.75, 3.05) is 6.61 Å². The van der Waals surface area contributed by atoms with Crippen molar-refractivity contribution in [3.05, 3.63) is 18.2 Å². The van der Waals surface area contributed by atoms with Crippen LogP contribution < -0.4 is 0 Å². The van der Waals surface area contributed by atoms with Crippen LogP contribution in [0.15, 0.2) is 12.4 Å². The molecule has 0 aromatic carbocycles. The quantitative estimate of drug-likeness (QED) is 0.699. The van der Waals surface area contributed by atoms with Crippen molar-refractivity contribution in [2.24, 2.45) is 5.92 Å². The summed E-state index contributed by atoms with van der Waals surface area (Å²) in [7, 11) is 0. The number of nitrogens with zero attached hydrogens (tertiary/aromatic N) is 2. The monoisotopic (exact) mass is 196 g/mol. The summed E-state index contributed by atoms with van der Waals surface area (Å²) >= 11 is 0. The molecule has 80 valence electrons. The average molecular weight is 196 g/mol. The summed E-state index contributed by atoms with van der Waals surface area (Å²) in [4.78, 5) is 4.27. The largest absolute Gasteiger partial charge is 0.374 e. The van der Waals surface area contributed by atoms with Crippen LogP contribution >= 0.6 is 0 Å². The smallest absolute Gasteiger partial charge is 0.134 e. The Balaban J connectivity index is 2.45. The molecule has 0 amide bonds. The minimum Gasteiger partial charge on any atom is -0.374 e. The zero-order valence-corrected chi connectivity index (χ0v) is 9.36. The molecule has 0 atom stereocenters. The molecule has 0 spiro atoms. The highest BCUT2D eigenvalue weighted by Gasteiger charge is 2.02. The van der Waals surface area contributed by atoms with E-state index in [-0.39, 0.29) is 0 Å². The highest BCUT2D eigenvalue weighted by Crippen LogP contribution is 2.06. The third-order valence-corrected chi connectivity index (χ3v) is 2.18. The molecule has 14 heavy (non-hydrogen) atoms. The van der Waals surface area contributed by atoms with Gasteiger partial charge in [0.25, 0.3) is 0 Å². The second kappa shape index (κ2) is 5.81. The van der Waals surface area contributed by atoms with Crippen molar-refractivity contribution < 1.29 is 4.74 Å². The first-order valence-corrected chi connectivity index (χ1v) is 5.31. The lowest BCUT2D eigenvalue weighted by molar-refractivity contribution is 0.125. The van der Waals surface area contributed by atoms with Crippen LogP contribution in [0.25, 0.3) is 0 Å². The molecule has 0 aliphatic carbocycles. The van der Waals surface area contributed by atoms with E-state index in [1.807, 2.05) is 19.3 Å². The van der Waals surface area contributed by atoms with Crippen LogP contribution in [0, 0.1) is 5.92 Å². The normalized spacial score (nSPS) is 11.1. The summed E-state index contributed by atoms with van der Waals surface area (Å²) < 4.78 is 7.52. The molecule has 0 unspecified atom stereocenters. The molecule has 1 rings (SSSR count). The average Bonchev–Trinajstić information content (AvgIpc) is 2.58. The summed E-state index contributed by atoms with van der Waals surface area (Å²) in [6, 6.07) is 0. The Labute approximate surface area is 86.1 Å². The van der Waals surface area contributed by atoms with Gasteiger partial charge >= 0.3 is 0 Å². The van der Waals surface area contributed by atoms with E-state index in [9.17, 15) is 0 Å². The SMILES string of the molecule is CCOCc1nccn1CCC(C)C. The van der Waals surface area contributed by atoms with Gasteiger partial charge in [-0.1, -0.05) is 13.8 Å². The Bertz CT molecular complexity index is 256. The zero-order chi connectivity index (χ0) is 10.4. The summed E-state index contributed by atoms with van der Waals surface area (Å²) in [6.07, 6.45) is 5.06. The molecule has 3 heteroatoms. The van der Waals surface area contributed by atoms with Crippen molar-refractivity contribution in [2.45, 2.75) is 40.3 Å². The number of rotatable bonds is 6. The first-order valence-electron chi connectivity index (χ1n) is 5.31. The van der Waals surface area contributed by atoms with E-state index in [1.165, 1.54) is 6.42 Å². The van der Waals surface area contributed by atoms with Gasteiger partial charge in [0.2, 0.25) is 0 Å². The van der Waals surface area contributed by atoms with Gasteiger partial charge in [-0.15, -0.1) is 0 Å². The number of imidazole rings is 1. The Morgan fingerprint density at radius 2 is 2.29 bits per heavy atom. The van der Waals surface area contributed by atoms with Crippen molar-refractivity contribution >= 4 is 0 Å². The zero-order valence-electron chi connectivity index (χ0n) is 9.36. The number of aromatic nitrogens is 2. The second-order valence-electron chi connectivity index (χ2n) is 3.86. The summed E-state index contributed by atoms with van der Waals surface area (Å²) in [5.41, 5.74) is 0. The lowest BCUT2D eigenvalue weighted by Crippen LogP contribution is -2.07. The van der Waals surface area contributed by atoms with E-state index in [4.69, 9.17) is 4.74 Å². The maximum Gasteiger partial charge on any atom is 0.134 e. The summed E-state index contributed by atoms with van der Waals surface area (Å²) in [5.74, 6) is 1.77. The standard InChI is InChI=1S/C11H20N2O/c1-4-14-9-11-12-6-8-13(11)7-5-10(2)3/h6,8,10H,4-5,7,9H2,1-3H3. The number of aryl methyl sites for hydroxylation is 1.